The van der Waals surface area contributed by atoms with E-state index in [4.69, 9.17) is 4.74 Å². The largest absolute Gasteiger partial charge is 0.497 e. The first-order valence-electron chi connectivity index (χ1n) is 8.24. The molecule has 7 nitrogen and oxygen atoms in total. The molecule has 0 fully saturated rings. The van der Waals surface area contributed by atoms with E-state index in [2.05, 4.69) is 10.3 Å². The number of rotatable bonds is 7. The molecule has 3 aromatic rings. The maximum Gasteiger partial charge on any atom is 0.272 e. The first-order valence-corrected chi connectivity index (χ1v) is 10.1. The van der Waals surface area contributed by atoms with Crippen molar-refractivity contribution in [3.05, 3.63) is 63.5 Å². The number of carbonyl (C=O) groups excluding carboxylic acids is 1. The number of nitro groups is 1. The van der Waals surface area contributed by atoms with E-state index in [-0.39, 0.29) is 17.3 Å². The van der Waals surface area contributed by atoms with Crippen LogP contribution in [0.1, 0.15) is 5.56 Å². The number of thiazole rings is 1. The second-order valence-electron chi connectivity index (χ2n) is 5.81. The van der Waals surface area contributed by atoms with E-state index in [0.29, 0.717) is 22.0 Å². The number of hydrogen-bond donors (Lipinski definition) is 1. The van der Waals surface area contributed by atoms with Crippen LogP contribution in [0.2, 0.25) is 0 Å². The van der Waals surface area contributed by atoms with Gasteiger partial charge >= 0.3 is 0 Å². The number of nitrogens with zero attached hydrogens (tertiary/aromatic N) is 2. The topological polar surface area (TPSA) is 94.4 Å². The number of nitro benzene ring substituents is 1. The smallest absolute Gasteiger partial charge is 0.272 e. The van der Waals surface area contributed by atoms with Gasteiger partial charge < -0.3 is 10.1 Å². The summed E-state index contributed by atoms with van der Waals surface area (Å²) in [7, 11) is 1.60. The number of benzene rings is 2. The van der Waals surface area contributed by atoms with Gasteiger partial charge in [-0.25, -0.2) is 4.98 Å². The van der Waals surface area contributed by atoms with Crippen LogP contribution < -0.4 is 10.1 Å². The summed E-state index contributed by atoms with van der Waals surface area (Å²) in [6, 6.07) is 12.4. The van der Waals surface area contributed by atoms with E-state index in [1.165, 1.54) is 29.2 Å². The summed E-state index contributed by atoms with van der Waals surface area (Å²) in [6.07, 6.45) is 0. The molecule has 1 amide bonds. The lowest BCUT2D eigenvalue weighted by molar-refractivity contribution is -0.385. The minimum atomic E-state index is -0.412. The van der Waals surface area contributed by atoms with Gasteiger partial charge in [0.05, 0.1) is 23.5 Å². The minimum Gasteiger partial charge on any atom is -0.497 e. The third kappa shape index (κ3) is 4.87. The van der Waals surface area contributed by atoms with Crippen LogP contribution in [0.25, 0.3) is 11.3 Å². The number of thioether (sulfide) groups is 1. The molecule has 0 atom stereocenters. The molecule has 144 valence electrons. The van der Waals surface area contributed by atoms with Crippen LogP contribution in [0.4, 0.5) is 10.8 Å². The second-order valence-corrected chi connectivity index (χ2v) is 7.72. The Morgan fingerprint density at radius 3 is 2.71 bits per heavy atom. The maximum atomic E-state index is 12.2. The summed E-state index contributed by atoms with van der Waals surface area (Å²) in [6.45, 7) is 1.69. The highest BCUT2D eigenvalue weighted by Gasteiger charge is 2.14. The summed E-state index contributed by atoms with van der Waals surface area (Å²) in [5, 5.41) is 16.1. The summed E-state index contributed by atoms with van der Waals surface area (Å²) in [5.74, 6) is 0.842. The van der Waals surface area contributed by atoms with E-state index in [1.807, 2.05) is 24.3 Å². The molecule has 0 spiro atoms. The molecule has 1 N–H and O–H groups in total. The molecule has 0 unspecified atom stereocenters. The third-order valence-corrected chi connectivity index (χ3v) is 5.65. The van der Waals surface area contributed by atoms with Crippen LogP contribution in [-0.2, 0) is 4.79 Å². The highest BCUT2D eigenvalue weighted by molar-refractivity contribution is 8.00. The van der Waals surface area contributed by atoms with Gasteiger partial charge in [0.25, 0.3) is 5.69 Å². The van der Waals surface area contributed by atoms with Crippen molar-refractivity contribution in [3.8, 4) is 17.0 Å². The van der Waals surface area contributed by atoms with Crippen molar-refractivity contribution in [2.75, 3.05) is 18.2 Å². The van der Waals surface area contributed by atoms with Crippen molar-refractivity contribution in [3.63, 3.8) is 0 Å². The van der Waals surface area contributed by atoms with Crippen molar-refractivity contribution >= 4 is 39.8 Å². The van der Waals surface area contributed by atoms with Crippen LogP contribution in [0.5, 0.6) is 5.75 Å². The first kappa shape index (κ1) is 19.8. The van der Waals surface area contributed by atoms with Crippen LogP contribution in [-0.4, -0.2) is 28.7 Å². The Morgan fingerprint density at radius 2 is 2.04 bits per heavy atom. The number of aromatic nitrogens is 1. The molecule has 1 aromatic heterocycles. The Bertz CT molecular complexity index is 1000. The van der Waals surface area contributed by atoms with Crippen molar-refractivity contribution in [1.82, 2.24) is 4.98 Å². The molecular weight excluding hydrogens is 398 g/mol. The van der Waals surface area contributed by atoms with Crippen LogP contribution in [0.15, 0.2) is 52.7 Å². The fourth-order valence-corrected chi connectivity index (χ4v) is 3.84. The van der Waals surface area contributed by atoms with Gasteiger partial charge in [-0.1, -0.05) is 12.1 Å². The summed E-state index contributed by atoms with van der Waals surface area (Å²) in [4.78, 5) is 28.2. The molecule has 0 aliphatic rings. The lowest BCUT2D eigenvalue weighted by Crippen LogP contribution is -2.13. The number of anilines is 1. The molecule has 9 heteroatoms. The van der Waals surface area contributed by atoms with Crippen molar-refractivity contribution in [2.45, 2.75) is 11.8 Å². The fourth-order valence-electron chi connectivity index (χ4n) is 2.41. The van der Waals surface area contributed by atoms with Gasteiger partial charge in [-0.2, -0.15) is 0 Å². The zero-order valence-corrected chi connectivity index (χ0v) is 16.8. The Morgan fingerprint density at radius 1 is 1.29 bits per heavy atom. The fraction of sp³-hybridized carbons (Fsp3) is 0.158. The van der Waals surface area contributed by atoms with E-state index < -0.39 is 4.92 Å². The maximum absolute atomic E-state index is 12.2. The van der Waals surface area contributed by atoms with Crippen LogP contribution in [0, 0.1) is 17.0 Å². The normalized spacial score (nSPS) is 10.5. The Kier molecular flexibility index (Phi) is 6.27. The average Bonchev–Trinajstić information content (AvgIpc) is 3.15. The summed E-state index contributed by atoms with van der Waals surface area (Å²) in [5.41, 5.74) is 1.87. The number of hydrogen-bond acceptors (Lipinski definition) is 7. The number of aryl methyl sites for hydroxylation is 1. The molecular formula is C19H17N3O4S2. The summed E-state index contributed by atoms with van der Waals surface area (Å²) < 4.78 is 5.11. The van der Waals surface area contributed by atoms with Gasteiger partial charge in [0.1, 0.15) is 5.75 Å². The zero-order chi connectivity index (χ0) is 20.1. The van der Waals surface area contributed by atoms with E-state index >= 15 is 0 Å². The first-order chi connectivity index (χ1) is 13.5. The Balaban J connectivity index is 1.61. The van der Waals surface area contributed by atoms with Gasteiger partial charge in [0.2, 0.25) is 5.91 Å². The average molecular weight is 415 g/mol. The molecule has 0 saturated heterocycles. The van der Waals surface area contributed by atoms with Gasteiger partial charge in [-0.15, -0.1) is 23.1 Å². The molecule has 0 radical (unpaired) electrons. The molecule has 0 aliphatic heterocycles. The lowest BCUT2D eigenvalue weighted by Gasteiger charge is -2.04. The SMILES string of the molecule is COc1ccc(SCC(=O)Nc2nc(-c3ccc(C)c([N+](=O)[O-])c3)cs2)cc1. The van der Waals surface area contributed by atoms with Gasteiger partial charge in [0.15, 0.2) is 5.13 Å². The van der Waals surface area contributed by atoms with E-state index in [1.54, 1.807) is 31.5 Å². The van der Waals surface area contributed by atoms with Crippen molar-refractivity contribution in [2.24, 2.45) is 0 Å². The van der Waals surface area contributed by atoms with Gasteiger partial charge in [-0.3, -0.25) is 14.9 Å². The standard InChI is InChI=1S/C19H17N3O4S2/c1-12-3-4-13(9-17(12)22(24)25)16-10-28-19(20-16)21-18(23)11-27-15-7-5-14(26-2)6-8-15/h3-10H,11H2,1-2H3,(H,20,21,23). The molecule has 0 saturated carbocycles. The van der Waals surface area contributed by atoms with Gasteiger partial charge in [0, 0.05) is 27.5 Å². The molecule has 28 heavy (non-hydrogen) atoms. The highest BCUT2D eigenvalue weighted by atomic mass is 32.2. The highest BCUT2D eigenvalue weighted by Crippen LogP contribution is 2.29. The van der Waals surface area contributed by atoms with Crippen LogP contribution >= 0.6 is 23.1 Å². The van der Waals surface area contributed by atoms with Crippen molar-refractivity contribution in [1.29, 1.82) is 0 Å². The molecule has 0 aliphatic carbocycles. The predicted molar refractivity (Wildman–Crippen MR) is 111 cm³/mol. The van der Waals surface area contributed by atoms with Crippen molar-refractivity contribution < 1.29 is 14.5 Å². The predicted octanol–water partition coefficient (Wildman–Crippen LogP) is 4.77. The zero-order valence-electron chi connectivity index (χ0n) is 15.2. The molecule has 3 rings (SSSR count). The monoisotopic (exact) mass is 415 g/mol. The number of nitrogens with one attached hydrogen (secondary N) is 1. The number of amides is 1. The quantitative estimate of drug-likeness (QED) is 0.339. The summed E-state index contributed by atoms with van der Waals surface area (Å²) >= 11 is 2.69. The van der Waals surface area contributed by atoms with Gasteiger partial charge in [-0.05, 0) is 31.2 Å². The Hall–Kier alpha value is -2.91. The van der Waals surface area contributed by atoms with Crippen LogP contribution in [0.3, 0.4) is 0 Å². The molecule has 2 aromatic carbocycles. The number of carbonyl (C=O) groups is 1. The Labute approximate surface area is 169 Å². The molecule has 1 heterocycles. The van der Waals surface area contributed by atoms with E-state index in [0.717, 1.165) is 10.6 Å². The lowest BCUT2D eigenvalue weighted by atomic mass is 10.1. The van der Waals surface area contributed by atoms with E-state index in [9.17, 15) is 14.9 Å². The third-order valence-electron chi connectivity index (χ3n) is 3.88. The molecule has 0 bridgehead atoms. The second kappa shape index (κ2) is 8.85. The minimum absolute atomic E-state index is 0.0481. The number of methoxy groups -OCH3 is 1. The number of ether oxygens (including phenoxy) is 1.